The van der Waals surface area contributed by atoms with Crippen LogP contribution in [0.5, 0.6) is 0 Å². The number of carboxylic acid groups (broad SMARTS) is 1. The van der Waals surface area contributed by atoms with Gasteiger partial charge in [-0.3, -0.25) is 4.57 Å². The fourth-order valence-electron chi connectivity index (χ4n) is 3.24. The highest BCUT2D eigenvalue weighted by Gasteiger charge is 2.43. The van der Waals surface area contributed by atoms with Crippen LogP contribution in [0, 0.1) is 11.8 Å². The number of rotatable bonds is 4. The summed E-state index contributed by atoms with van der Waals surface area (Å²) >= 11 is 0. The minimum atomic E-state index is -0.971. The maximum absolute atomic E-state index is 12.3. The number of imidazole rings is 1. The quantitative estimate of drug-likeness (QED) is 0.897. The molecule has 2 fully saturated rings. The standard InChI is InChI=1S/C15H16N2O3/c18-14(19)10-5-6-12-11(7-10)16-15(20)17(12)13(8-1-2-8)9-3-4-9/h5-9,13H,1-4H2,(H,16,20)(H,18,19). The summed E-state index contributed by atoms with van der Waals surface area (Å²) in [5, 5.41) is 9.03. The summed E-state index contributed by atoms with van der Waals surface area (Å²) < 4.78 is 1.87. The molecular weight excluding hydrogens is 256 g/mol. The molecule has 5 heteroatoms. The lowest BCUT2D eigenvalue weighted by Crippen LogP contribution is -2.25. The van der Waals surface area contributed by atoms with Gasteiger partial charge in [-0.2, -0.15) is 0 Å². The van der Waals surface area contributed by atoms with Gasteiger partial charge in [-0.05, 0) is 55.7 Å². The molecule has 2 aromatic rings. The van der Waals surface area contributed by atoms with Gasteiger partial charge in [0.15, 0.2) is 0 Å². The molecule has 0 atom stereocenters. The number of nitrogens with zero attached hydrogens (tertiary/aromatic N) is 1. The lowest BCUT2D eigenvalue weighted by Gasteiger charge is -2.17. The van der Waals surface area contributed by atoms with E-state index in [1.54, 1.807) is 18.2 Å². The van der Waals surface area contributed by atoms with Gasteiger partial charge in [-0.15, -0.1) is 0 Å². The van der Waals surface area contributed by atoms with Gasteiger partial charge in [0.25, 0.3) is 0 Å². The maximum Gasteiger partial charge on any atom is 0.335 e. The molecule has 0 bridgehead atoms. The first-order valence-electron chi connectivity index (χ1n) is 7.12. The molecule has 2 aliphatic rings. The molecule has 1 aromatic carbocycles. The third-order valence-corrected chi connectivity index (χ3v) is 4.47. The topological polar surface area (TPSA) is 75.1 Å². The van der Waals surface area contributed by atoms with Crippen molar-refractivity contribution in [3.05, 3.63) is 34.2 Å². The van der Waals surface area contributed by atoms with Gasteiger partial charge < -0.3 is 10.1 Å². The van der Waals surface area contributed by atoms with E-state index < -0.39 is 5.97 Å². The summed E-state index contributed by atoms with van der Waals surface area (Å²) in [7, 11) is 0. The van der Waals surface area contributed by atoms with Crippen LogP contribution in [0.3, 0.4) is 0 Å². The lowest BCUT2D eigenvalue weighted by atomic mass is 10.1. The van der Waals surface area contributed by atoms with Crippen molar-refractivity contribution < 1.29 is 9.90 Å². The molecule has 0 amide bonds. The largest absolute Gasteiger partial charge is 0.478 e. The molecule has 0 spiro atoms. The average Bonchev–Trinajstić information content (AvgIpc) is 3.30. The van der Waals surface area contributed by atoms with E-state index in [1.807, 2.05) is 4.57 Å². The first kappa shape index (κ1) is 11.8. The molecule has 4 rings (SSSR count). The number of carbonyl (C=O) groups is 1. The van der Waals surface area contributed by atoms with Crippen molar-refractivity contribution in [2.75, 3.05) is 0 Å². The Balaban J connectivity index is 1.88. The van der Waals surface area contributed by atoms with E-state index in [9.17, 15) is 9.59 Å². The molecule has 104 valence electrons. The fourth-order valence-corrected chi connectivity index (χ4v) is 3.24. The molecule has 0 radical (unpaired) electrons. The zero-order valence-electron chi connectivity index (χ0n) is 11.0. The summed E-state index contributed by atoms with van der Waals surface area (Å²) in [5.74, 6) is 0.276. The number of aromatic amines is 1. The number of fused-ring (bicyclic) bond motifs is 1. The molecule has 1 heterocycles. The first-order chi connectivity index (χ1) is 9.65. The van der Waals surface area contributed by atoms with Gasteiger partial charge in [-0.25, -0.2) is 9.59 Å². The fraction of sp³-hybridized carbons (Fsp3) is 0.467. The SMILES string of the molecule is O=C(O)c1ccc2c(c1)[nH]c(=O)n2C(C1CC1)C1CC1. The Hall–Kier alpha value is -2.04. The number of benzene rings is 1. The number of nitrogens with one attached hydrogen (secondary N) is 1. The van der Waals surface area contributed by atoms with Gasteiger partial charge in [0, 0.05) is 6.04 Å². The smallest absolute Gasteiger partial charge is 0.335 e. The highest BCUT2D eigenvalue weighted by Crippen LogP contribution is 2.52. The van der Waals surface area contributed by atoms with Crippen molar-refractivity contribution in [1.82, 2.24) is 9.55 Å². The van der Waals surface area contributed by atoms with Crippen molar-refractivity contribution >= 4 is 17.0 Å². The predicted octanol–water partition coefficient (Wildman–Crippen LogP) is 2.39. The Morgan fingerprint density at radius 2 is 1.90 bits per heavy atom. The number of hydrogen-bond acceptors (Lipinski definition) is 2. The van der Waals surface area contributed by atoms with Crippen LogP contribution >= 0.6 is 0 Å². The van der Waals surface area contributed by atoms with Crippen LogP contribution in [-0.4, -0.2) is 20.6 Å². The van der Waals surface area contributed by atoms with Gasteiger partial charge in [0.05, 0.1) is 16.6 Å². The zero-order chi connectivity index (χ0) is 13.9. The molecule has 5 nitrogen and oxygen atoms in total. The average molecular weight is 272 g/mol. The van der Waals surface area contributed by atoms with Crippen molar-refractivity contribution in [2.24, 2.45) is 11.8 Å². The summed E-state index contributed by atoms with van der Waals surface area (Å²) in [4.78, 5) is 26.1. The van der Waals surface area contributed by atoms with E-state index >= 15 is 0 Å². The van der Waals surface area contributed by atoms with Crippen molar-refractivity contribution in [3.63, 3.8) is 0 Å². The third kappa shape index (κ3) is 1.77. The Bertz CT molecular complexity index is 738. The van der Waals surface area contributed by atoms with Crippen LogP contribution in [0.15, 0.2) is 23.0 Å². The molecule has 0 unspecified atom stereocenters. The monoisotopic (exact) mass is 272 g/mol. The highest BCUT2D eigenvalue weighted by molar-refractivity contribution is 5.92. The van der Waals surface area contributed by atoms with Gasteiger partial charge in [-0.1, -0.05) is 0 Å². The molecule has 0 saturated heterocycles. The Morgan fingerprint density at radius 1 is 1.25 bits per heavy atom. The summed E-state index contributed by atoms with van der Waals surface area (Å²) in [6.07, 6.45) is 4.81. The van der Waals surface area contributed by atoms with Gasteiger partial charge >= 0.3 is 11.7 Å². The van der Waals surface area contributed by atoms with E-state index in [-0.39, 0.29) is 11.3 Å². The number of aromatic nitrogens is 2. The minimum Gasteiger partial charge on any atom is -0.478 e. The molecule has 2 saturated carbocycles. The number of H-pyrrole nitrogens is 1. The van der Waals surface area contributed by atoms with Crippen LogP contribution in [0.25, 0.3) is 11.0 Å². The molecular formula is C15H16N2O3. The minimum absolute atomic E-state index is 0.105. The van der Waals surface area contributed by atoms with Gasteiger partial charge in [0.1, 0.15) is 0 Å². The number of hydrogen-bond donors (Lipinski definition) is 2. The first-order valence-corrected chi connectivity index (χ1v) is 7.12. The second-order valence-corrected chi connectivity index (χ2v) is 6.00. The van der Waals surface area contributed by atoms with Crippen LogP contribution in [0.2, 0.25) is 0 Å². The lowest BCUT2D eigenvalue weighted by molar-refractivity contribution is 0.0697. The zero-order valence-corrected chi connectivity index (χ0v) is 11.0. The van der Waals surface area contributed by atoms with Crippen molar-refractivity contribution in [3.8, 4) is 0 Å². The second-order valence-electron chi connectivity index (χ2n) is 6.00. The number of carboxylic acids is 1. The third-order valence-electron chi connectivity index (χ3n) is 4.47. The van der Waals surface area contributed by atoms with Crippen molar-refractivity contribution in [1.29, 1.82) is 0 Å². The van der Waals surface area contributed by atoms with E-state index in [2.05, 4.69) is 4.98 Å². The normalized spacial score (nSPS) is 18.9. The molecule has 20 heavy (non-hydrogen) atoms. The summed E-state index contributed by atoms with van der Waals surface area (Å²) in [6.45, 7) is 0. The molecule has 0 aliphatic heterocycles. The summed E-state index contributed by atoms with van der Waals surface area (Å²) in [5.41, 5.74) is 1.57. The molecule has 1 aromatic heterocycles. The second kappa shape index (κ2) is 3.98. The van der Waals surface area contributed by atoms with Crippen LogP contribution in [0.4, 0.5) is 0 Å². The Morgan fingerprint density at radius 3 is 2.45 bits per heavy atom. The Kier molecular flexibility index (Phi) is 2.34. The Labute approximate surface area is 115 Å². The van der Waals surface area contributed by atoms with Crippen molar-refractivity contribution in [2.45, 2.75) is 31.7 Å². The van der Waals surface area contributed by atoms with E-state index in [1.165, 1.54) is 25.7 Å². The van der Waals surface area contributed by atoms with E-state index in [0.717, 1.165) is 5.52 Å². The van der Waals surface area contributed by atoms with Crippen LogP contribution < -0.4 is 5.69 Å². The molecule has 2 aliphatic carbocycles. The van der Waals surface area contributed by atoms with Crippen LogP contribution in [-0.2, 0) is 0 Å². The maximum atomic E-state index is 12.3. The molecule has 2 N–H and O–H groups in total. The highest BCUT2D eigenvalue weighted by atomic mass is 16.4. The predicted molar refractivity (Wildman–Crippen MR) is 74.0 cm³/mol. The van der Waals surface area contributed by atoms with E-state index in [0.29, 0.717) is 23.4 Å². The van der Waals surface area contributed by atoms with Crippen LogP contribution in [0.1, 0.15) is 42.1 Å². The van der Waals surface area contributed by atoms with E-state index in [4.69, 9.17) is 5.11 Å². The number of aromatic carboxylic acids is 1. The summed E-state index contributed by atoms with van der Waals surface area (Å²) in [6, 6.07) is 5.18. The van der Waals surface area contributed by atoms with Gasteiger partial charge in [0.2, 0.25) is 0 Å².